The molecule has 1 aliphatic carbocycles. The minimum Gasteiger partial charge on any atom is -0.375 e. The second-order valence-electron chi connectivity index (χ2n) is 6.61. The number of carbonyl (C=O) groups is 2. The number of nitrogens with one attached hydrogen (secondary N) is 2. The Morgan fingerprint density at radius 3 is 2.84 bits per heavy atom. The minimum absolute atomic E-state index is 0.0649. The van der Waals surface area contributed by atoms with Crippen LogP contribution in [0.1, 0.15) is 52.5 Å². The van der Waals surface area contributed by atoms with E-state index in [9.17, 15) is 9.59 Å². The van der Waals surface area contributed by atoms with Gasteiger partial charge in [0.05, 0.1) is 23.8 Å². The Bertz CT molecular complexity index is 593. The van der Waals surface area contributed by atoms with Crippen LogP contribution in [0.5, 0.6) is 0 Å². The molecule has 0 radical (unpaired) electrons. The number of hydrogen-bond acceptors (Lipinski definition) is 5. The summed E-state index contributed by atoms with van der Waals surface area (Å²) in [6.07, 6.45) is 6.49. The predicted molar refractivity (Wildman–Crippen MR) is 97.0 cm³/mol. The third-order valence-corrected chi connectivity index (χ3v) is 6.18. The van der Waals surface area contributed by atoms with Crippen molar-refractivity contribution in [2.45, 2.75) is 51.2 Å². The summed E-state index contributed by atoms with van der Waals surface area (Å²) >= 11 is 6.97. The SMILES string of the molecule is O=C(CCl)NCC(NC(=O)c1nc2c(s1)COCC2)C1CCCCC1. The number of alkyl halides is 1. The van der Waals surface area contributed by atoms with Gasteiger partial charge in [0, 0.05) is 19.0 Å². The topological polar surface area (TPSA) is 80.3 Å². The monoisotopic (exact) mass is 385 g/mol. The van der Waals surface area contributed by atoms with Crippen LogP contribution in [0.3, 0.4) is 0 Å². The zero-order valence-corrected chi connectivity index (χ0v) is 15.8. The zero-order valence-electron chi connectivity index (χ0n) is 14.2. The molecule has 0 aromatic carbocycles. The minimum atomic E-state index is -0.210. The molecule has 8 heteroatoms. The maximum absolute atomic E-state index is 12.7. The van der Waals surface area contributed by atoms with Crippen LogP contribution in [0.2, 0.25) is 0 Å². The van der Waals surface area contributed by atoms with Gasteiger partial charge in [-0.05, 0) is 18.8 Å². The fourth-order valence-electron chi connectivity index (χ4n) is 3.50. The van der Waals surface area contributed by atoms with Crippen molar-refractivity contribution in [3.8, 4) is 0 Å². The summed E-state index contributed by atoms with van der Waals surface area (Å²) in [6.45, 7) is 1.61. The van der Waals surface area contributed by atoms with E-state index in [2.05, 4.69) is 15.6 Å². The van der Waals surface area contributed by atoms with Crippen molar-refractivity contribution in [2.75, 3.05) is 19.0 Å². The molecule has 0 bridgehead atoms. The molecule has 2 N–H and O–H groups in total. The van der Waals surface area contributed by atoms with E-state index in [4.69, 9.17) is 16.3 Å². The Morgan fingerprint density at radius 2 is 2.12 bits per heavy atom. The Morgan fingerprint density at radius 1 is 1.32 bits per heavy atom. The maximum atomic E-state index is 12.7. The van der Waals surface area contributed by atoms with Gasteiger partial charge in [-0.25, -0.2) is 4.98 Å². The van der Waals surface area contributed by atoms with Crippen LogP contribution in [0.15, 0.2) is 0 Å². The van der Waals surface area contributed by atoms with Crippen LogP contribution in [0.4, 0.5) is 0 Å². The van der Waals surface area contributed by atoms with Crippen LogP contribution >= 0.6 is 22.9 Å². The average molecular weight is 386 g/mol. The first-order valence-corrected chi connectivity index (χ1v) is 10.2. The number of rotatable bonds is 6. The van der Waals surface area contributed by atoms with Gasteiger partial charge in [-0.15, -0.1) is 22.9 Å². The molecule has 2 amide bonds. The quantitative estimate of drug-likeness (QED) is 0.736. The zero-order chi connectivity index (χ0) is 17.6. The van der Waals surface area contributed by atoms with E-state index < -0.39 is 0 Å². The molecule has 1 saturated carbocycles. The average Bonchev–Trinajstić information content (AvgIpc) is 3.09. The number of carbonyl (C=O) groups excluding carboxylic acids is 2. The molecule has 1 atom stereocenters. The van der Waals surface area contributed by atoms with Gasteiger partial charge in [0.25, 0.3) is 5.91 Å². The summed E-state index contributed by atoms with van der Waals surface area (Å²) in [4.78, 5) is 29.7. The largest absolute Gasteiger partial charge is 0.375 e. The van der Waals surface area contributed by atoms with Crippen LogP contribution in [-0.2, 0) is 22.6 Å². The summed E-state index contributed by atoms with van der Waals surface area (Å²) in [5, 5.41) is 6.40. The van der Waals surface area contributed by atoms with Gasteiger partial charge in [0.2, 0.25) is 5.91 Å². The van der Waals surface area contributed by atoms with Gasteiger partial charge in [0.1, 0.15) is 5.88 Å². The number of halogens is 1. The van der Waals surface area contributed by atoms with E-state index in [-0.39, 0.29) is 23.7 Å². The summed E-state index contributed by atoms with van der Waals surface area (Å²) in [5.74, 6) is -0.0511. The van der Waals surface area contributed by atoms with Crippen LogP contribution in [0, 0.1) is 5.92 Å². The number of nitrogens with zero attached hydrogens (tertiary/aromatic N) is 1. The normalized spacial score (nSPS) is 19.1. The molecule has 1 fully saturated rings. The first-order chi connectivity index (χ1) is 12.2. The number of amides is 2. The highest BCUT2D eigenvalue weighted by Crippen LogP contribution is 2.27. The van der Waals surface area contributed by atoms with Crippen molar-refractivity contribution in [1.29, 1.82) is 0 Å². The van der Waals surface area contributed by atoms with Gasteiger partial charge < -0.3 is 15.4 Å². The lowest BCUT2D eigenvalue weighted by Crippen LogP contribution is -2.48. The highest BCUT2D eigenvalue weighted by molar-refractivity contribution is 7.13. The first-order valence-electron chi connectivity index (χ1n) is 8.87. The van der Waals surface area contributed by atoms with Crippen molar-refractivity contribution in [3.63, 3.8) is 0 Å². The van der Waals surface area contributed by atoms with Crippen molar-refractivity contribution in [3.05, 3.63) is 15.6 Å². The van der Waals surface area contributed by atoms with Crippen molar-refractivity contribution in [2.24, 2.45) is 5.92 Å². The molecule has 3 rings (SSSR count). The van der Waals surface area contributed by atoms with Crippen LogP contribution in [-0.4, -0.2) is 41.9 Å². The van der Waals surface area contributed by atoms with Crippen molar-refractivity contribution in [1.82, 2.24) is 15.6 Å². The van der Waals surface area contributed by atoms with Gasteiger partial charge >= 0.3 is 0 Å². The van der Waals surface area contributed by atoms with E-state index in [1.54, 1.807) is 0 Å². The van der Waals surface area contributed by atoms with Gasteiger partial charge in [-0.3, -0.25) is 9.59 Å². The summed E-state index contributed by atoms with van der Waals surface area (Å²) < 4.78 is 5.42. The van der Waals surface area contributed by atoms with Crippen molar-refractivity contribution >= 4 is 34.8 Å². The Balaban J connectivity index is 1.66. The second-order valence-corrected chi connectivity index (χ2v) is 7.96. The number of thiazole rings is 1. The summed E-state index contributed by atoms with van der Waals surface area (Å²) in [6, 6.07) is -0.0860. The van der Waals surface area contributed by atoms with Crippen LogP contribution < -0.4 is 10.6 Å². The van der Waals surface area contributed by atoms with E-state index >= 15 is 0 Å². The molecule has 0 saturated heterocycles. The van der Waals surface area contributed by atoms with E-state index in [0.29, 0.717) is 30.7 Å². The first kappa shape index (κ1) is 18.6. The fourth-order valence-corrected chi connectivity index (χ4v) is 4.54. The van der Waals surface area contributed by atoms with Gasteiger partial charge in [0.15, 0.2) is 5.01 Å². The summed E-state index contributed by atoms with van der Waals surface area (Å²) in [5.41, 5.74) is 0.978. The number of aromatic nitrogens is 1. The standard InChI is InChI=1S/C17H24ClN3O3S/c18-8-15(22)19-9-13(11-4-2-1-3-5-11)20-16(23)17-21-12-6-7-24-10-14(12)25-17/h11,13H,1-10H2,(H,19,22)(H,20,23). The Labute approximate surface area is 156 Å². The third kappa shape index (κ3) is 4.92. The molecular weight excluding hydrogens is 362 g/mol. The molecule has 1 unspecified atom stereocenters. The van der Waals surface area contributed by atoms with Gasteiger partial charge in [-0.1, -0.05) is 19.3 Å². The number of ether oxygens (including phenoxy) is 1. The number of fused-ring (bicyclic) bond motifs is 1. The molecule has 6 nitrogen and oxygen atoms in total. The summed E-state index contributed by atoms with van der Waals surface area (Å²) in [7, 11) is 0. The van der Waals surface area contributed by atoms with Crippen LogP contribution in [0.25, 0.3) is 0 Å². The Kier molecular flexibility index (Phi) is 6.67. The second kappa shape index (κ2) is 8.96. The Hall–Kier alpha value is -1.18. The highest BCUT2D eigenvalue weighted by Gasteiger charge is 2.27. The lowest BCUT2D eigenvalue weighted by atomic mass is 9.83. The lowest BCUT2D eigenvalue weighted by Gasteiger charge is -2.30. The number of hydrogen-bond donors (Lipinski definition) is 2. The molecule has 1 aromatic heterocycles. The molecule has 1 aromatic rings. The van der Waals surface area contributed by atoms with E-state index in [1.807, 2.05) is 0 Å². The molecule has 2 heterocycles. The molecule has 138 valence electrons. The molecular formula is C17H24ClN3O3S. The fraction of sp³-hybridized carbons (Fsp3) is 0.706. The predicted octanol–water partition coefficient (Wildman–Crippen LogP) is 2.25. The van der Waals surface area contributed by atoms with Crippen molar-refractivity contribution < 1.29 is 14.3 Å². The third-order valence-electron chi connectivity index (χ3n) is 4.86. The van der Waals surface area contributed by atoms with E-state index in [1.165, 1.54) is 30.6 Å². The smallest absolute Gasteiger partial charge is 0.280 e. The maximum Gasteiger partial charge on any atom is 0.280 e. The lowest BCUT2D eigenvalue weighted by molar-refractivity contribution is -0.118. The van der Waals surface area contributed by atoms with Gasteiger partial charge in [-0.2, -0.15) is 0 Å². The molecule has 25 heavy (non-hydrogen) atoms. The van der Waals surface area contributed by atoms with E-state index in [0.717, 1.165) is 29.8 Å². The molecule has 1 aliphatic heterocycles. The molecule has 2 aliphatic rings. The molecule has 0 spiro atoms. The highest BCUT2D eigenvalue weighted by atomic mass is 35.5.